The van der Waals surface area contributed by atoms with Crippen LogP contribution in [0.2, 0.25) is 0 Å². The Morgan fingerprint density at radius 2 is 1.82 bits per heavy atom. The van der Waals surface area contributed by atoms with Crippen molar-refractivity contribution in [1.29, 1.82) is 0 Å². The number of hydrogen-bond donors (Lipinski definition) is 1. The zero-order valence-corrected chi connectivity index (χ0v) is 11.5. The van der Waals surface area contributed by atoms with Gasteiger partial charge in [0.1, 0.15) is 0 Å². The van der Waals surface area contributed by atoms with E-state index in [-0.39, 0.29) is 11.5 Å². The number of aliphatic hydroxyl groups is 1. The third kappa shape index (κ3) is 1.81. The van der Waals surface area contributed by atoms with E-state index in [0.29, 0.717) is 5.92 Å². The molecule has 0 amide bonds. The first-order valence-corrected chi connectivity index (χ1v) is 6.80. The van der Waals surface area contributed by atoms with Crippen LogP contribution in [0.1, 0.15) is 55.7 Å². The lowest BCUT2D eigenvalue weighted by Gasteiger charge is -2.54. The summed E-state index contributed by atoms with van der Waals surface area (Å²) in [5.41, 5.74) is 4.26. The van der Waals surface area contributed by atoms with Crippen molar-refractivity contribution in [3.8, 4) is 0 Å². The van der Waals surface area contributed by atoms with Gasteiger partial charge in [0.05, 0.1) is 6.10 Å². The molecule has 1 aromatic carbocycles. The molecule has 1 fully saturated rings. The van der Waals surface area contributed by atoms with Gasteiger partial charge in [-0.2, -0.15) is 0 Å². The first-order chi connectivity index (χ1) is 8.05. The minimum Gasteiger partial charge on any atom is -0.393 e. The Morgan fingerprint density at radius 1 is 1.18 bits per heavy atom. The van der Waals surface area contributed by atoms with E-state index in [2.05, 4.69) is 45.9 Å². The van der Waals surface area contributed by atoms with Crippen LogP contribution in [0.15, 0.2) is 18.2 Å². The number of aryl methyl sites for hydroxylation is 2. The normalized spacial score (nSPS) is 26.6. The van der Waals surface area contributed by atoms with Crippen molar-refractivity contribution in [2.45, 2.75) is 59.0 Å². The zero-order valence-electron chi connectivity index (χ0n) is 11.5. The Labute approximate surface area is 105 Å². The van der Waals surface area contributed by atoms with Crippen LogP contribution in [0.4, 0.5) is 0 Å². The summed E-state index contributed by atoms with van der Waals surface area (Å²) in [7, 11) is 0. The van der Waals surface area contributed by atoms with Crippen molar-refractivity contribution < 1.29 is 5.11 Å². The minimum atomic E-state index is -0.107. The highest BCUT2D eigenvalue weighted by Gasteiger charge is 2.52. The highest BCUT2D eigenvalue weighted by atomic mass is 16.3. The predicted molar refractivity (Wildman–Crippen MR) is 72.3 cm³/mol. The second kappa shape index (κ2) is 4.45. The lowest BCUT2D eigenvalue weighted by atomic mass is 9.53. The second-order valence-corrected chi connectivity index (χ2v) is 5.59. The van der Waals surface area contributed by atoms with Gasteiger partial charge in [0.15, 0.2) is 0 Å². The molecule has 0 heterocycles. The van der Waals surface area contributed by atoms with Gasteiger partial charge in [-0.05, 0) is 55.7 Å². The smallest absolute Gasteiger partial charge is 0.0608 e. The number of benzene rings is 1. The van der Waals surface area contributed by atoms with E-state index in [0.717, 1.165) is 19.3 Å². The molecule has 1 N–H and O–H groups in total. The van der Waals surface area contributed by atoms with Gasteiger partial charge in [-0.3, -0.25) is 0 Å². The quantitative estimate of drug-likeness (QED) is 0.836. The Kier molecular flexibility index (Phi) is 3.31. The molecule has 1 nitrogen and oxygen atoms in total. The SMILES string of the molecule is CCC1(CC)C(O)CC1c1ccc(C)c(C)c1. The fraction of sp³-hybridized carbons (Fsp3) is 0.625. The molecular weight excluding hydrogens is 208 g/mol. The fourth-order valence-corrected chi connectivity index (χ4v) is 3.43. The molecule has 2 atom stereocenters. The van der Waals surface area contributed by atoms with Gasteiger partial charge in [-0.25, -0.2) is 0 Å². The van der Waals surface area contributed by atoms with Crippen LogP contribution < -0.4 is 0 Å². The largest absolute Gasteiger partial charge is 0.393 e. The molecule has 0 spiro atoms. The van der Waals surface area contributed by atoms with E-state index in [1.54, 1.807) is 0 Å². The maximum atomic E-state index is 10.1. The summed E-state index contributed by atoms with van der Waals surface area (Å²) in [6.07, 6.45) is 2.97. The summed E-state index contributed by atoms with van der Waals surface area (Å²) in [5, 5.41) is 10.1. The number of rotatable bonds is 3. The monoisotopic (exact) mass is 232 g/mol. The van der Waals surface area contributed by atoms with Crippen molar-refractivity contribution in [2.75, 3.05) is 0 Å². The molecule has 17 heavy (non-hydrogen) atoms. The Balaban J connectivity index is 2.32. The van der Waals surface area contributed by atoms with Crippen molar-refractivity contribution in [3.05, 3.63) is 34.9 Å². The van der Waals surface area contributed by atoms with Gasteiger partial charge >= 0.3 is 0 Å². The van der Waals surface area contributed by atoms with E-state index in [4.69, 9.17) is 0 Å². The van der Waals surface area contributed by atoms with Gasteiger partial charge in [-0.15, -0.1) is 0 Å². The number of hydrogen-bond acceptors (Lipinski definition) is 1. The third-order valence-corrected chi connectivity index (χ3v) is 5.07. The molecule has 0 aromatic heterocycles. The van der Waals surface area contributed by atoms with Crippen LogP contribution in [-0.4, -0.2) is 11.2 Å². The van der Waals surface area contributed by atoms with Crippen LogP contribution >= 0.6 is 0 Å². The first-order valence-electron chi connectivity index (χ1n) is 6.80. The first kappa shape index (κ1) is 12.6. The highest BCUT2D eigenvalue weighted by molar-refractivity contribution is 5.35. The summed E-state index contributed by atoms with van der Waals surface area (Å²) in [6.45, 7) is 8.75. The lowest BCUT2D eigenvalue weighted by Crippen LogP contribution is -2.50. The molecule has 2 rings (SSSR count). The van der Waals surface area contributed by atoms with E-state index >= 15 is 0 Å². The van der Waals surface area contributed by atoms with Crippen molar-refractivity contribution in [2.24, 2.45) is 5.41 Å². The van der Waals surface area contributed by atoms with Crippen LogP contribution in [0.25, 0.3) is 0 Å². The fourth-order valence-electron chi connectivity index (χ4n) is 3.43. The van der Waals surface area contributed by atoms with Gasteiger partial charge in [0.25, 0.3) is 0 Å². The van der Waals surface area contributed by atoms with E-state index in [9.17, 15) is 5.11 Å². The summed E-state index contributed by atoms with van der Waals surface area (Å²) >= 11 is 0. The van der Waals surface area contributed by atoms with E-state index in [1.165, 1.54) is 16.7 Å². The van der Waals surface area contributed by atoms with Gasteiger partial charge in [0, 0.05) is 5.41 Å². The molecule has 0 saturated heterocycles. The summed E-state index contributed by atoms with van der Waals surface area (Å²) in [5.74, 6) is 0.548. The summed E-state index contributed by atoms with van der Waals surface area (Å²) in [4.78, 5) is 0. The maximum Gasteiger partial charge on any atom is 0.0608 e. The molecular formula is C16H24O. The molecule has 2 unspecified atom stereocenters. The molecule has 0 bridgehead atoms. The maximum absolute atomic E-state index is 10.1. The standard InChI is InChI=1S/C16H24O/c1-5-16(6-2)14(10-15(16)17)13-8-7-11(3)12(4)9-13/h7-9,14-15,17H,5-6,10H2,1-4H3. The van der Waals surface area contributed by atoms with Gasteiger partial charge in [-0.1, -0.05) is 32.0 Å². The van der Waals surface area contributed by atoms with Crippen LogP contribution in [0, 0.1) is 19.3 Å². The van der Waals surface area contributed by atoms with E-state index in [1.807, 2.05) is 0 Å². The molecule has 1 saturated carbocycles. The predicted octanol–water partition coefficient (Wildman–Crippen LogP) is 3.96. The van der Waals surface area contributed by atoms with Crippen LogP contribution in [0.5, 0.6) is 0 Å². The molecule has 1 aliphatic rings. The highest BCUT2D eigenvalue weighted by Crippen LogP contribution is 2.57. The molecule has 1 aromatic rings. The average molecular weight is 232 g/mol. The molecule has 1 aliphatic carbocycles. The third-order valence-electron chi connectivity index (χ3n) is 5.07. The van der Waals surface area contributed by atoms with Crippen molar-refractivity contribution >= 4 is 0 Å². The average Bonchev–Trinajstić information content (AvgIpc) is 2.32. The number of aliphatic hydroxyl groups excluding tert-OH is 1. The molecule has 94 valence electrons. The minimum absolute atomic E-state index is 0.107. The summed E-state index contributed by atoms with van der Waals surface area (Å²) < 4.78 is 0. The molecule has 0 aliphatic heterocycles. The topological polar surface area (TPSA) is 20.2 Å². The Hall–Kier alpha value is -0.820. The second-order valence-electron chi connectivity index (χ2n) is 5.59. The van der Waals surface area contributed by atoms with Gasteiger partial charge in [0.2, 0.25) is 0 Å². The Morgan fingerprint density at radius 3 is 2.29 bits per heavy atom. The lowest BCUT2D eigenvalue weighted by molar-refractivity contribution is -0.0932. The zero-order chi connectivity index (χ0) is 12.6. The van der Waals surface area contributed by atoms with Gasteiger partial charge < -0.3 is 5.11 Å². The molecule has 1 heteroatoms. The summed E-state index contributed by atoms with van der Waals surface area (Å²) in [6, 6.07) is 6.77. The van der Waals surface area contributed by atoms with Crippen LogP contribution in [-0.2, 0) is 0 Å². The van der Waals surface area contributed by atoms with E-state index < -0.39 is 0 Å². The Bertz CT molecular complexity index is 404. The van der Waals surface area contributed by atoms with Crippen molar-refractivity contribution in [1.82, 2.24) is 0 Å². The van der Waals surface area contributed by atoms with Crippen LogP contribution in [0.3, 0.4) is 0 Å². The van der Waals surface area contributed by atoms with Crippen molar-refractivity contribution in [3.63, 3.8) is 0 Å². The molecule has 0 radical (unpaired) electrons.